The van der Waals surface area contributed by atoms with Crippen molar-refractivity contribution in [1.82, 2.24) is 0 Å². The Kier molecular flexibility index (Phi) is 9.41. The van der Waals surface area contributed by atoms with E-state index in [1.807, 2.05) is 0 Å². The minimum absolute atomic E-state index is 0.00365. The quantitative estimate of drug-likeness (QED) is 0.479. The zero-order valence-corrected chi connectivity index (χ0v) is 14.2. The highest BCUT2D eigenvalue weighted by molar-refractivity contribution is 5.78. The Morgan fingerprint density at radius 1 is 0.870 bits per heavy atom. The second-order valence-electron chi connectivity index (χ2n) is 6.87. The van der Waals surface area contributed by atoms with Gasteiger partial charge in [0.25, 0.3) is 0 Å². The van der Waals surface area contributed by atoms with Crippen LogP contribution in [0.1, 0.15) is 77.6 Å². The number of rotatable bonds is 12. The maximum absolute atomic E-state index is 12.0. The van der Waals surface area contributed by atoms with Crippen LogP contribution in [0, 0.1) is 11.8 Å². The zero-order chi connectivity index (χ0) is 17.2. The number of Topliss-reactive ketones (excluding diaryl/α,β-unsaturated/α-hetero) is 1. The SMILES string of the molecule is CCCCCCCC(=O)CC[C@@H]1[C@@H](CCC(=O)O)[C@@H](O)C[C@H]1O. The van der Waals surface area contributed by atoms with Crippen LogP contribution in [0.5, 0.6) is 0 Å². The maximum atomic E-state index is 12.0. The number of carbonyl (C=O) groups excluding carboxylic acids is 1. The molecule has 1 saturated carbocycles. The van der Waals surface area contributed by atoms with E-state index in [1.165, 1.54) is 19.3 Å². The van der Waals surface area contributed by atoms with E-state index in [2.05, 4.69) is 6.92 Å². The normalized spacial score (nSPS) is 27.3. The number of aliphatic hydroxyl groups is 2. The van der Waals surface area contributed by atoms with E-state index in [0.717, 1.165) is 12.8 Å². The van der Waals surface area contributed by atoms with Crippen LogP contribution < -0.4 is 0 Å². The molecule has 0 aromatic heterocycles. The lowest BCUT2D eigenvalue weighted by atomic mass is 9.85. The number of aliphatic hydroxyl groups excluding tert-OH is 2. The second kappa shape index (κ2) is 10.8. The van der Waals surface area contributed by atoms with E-state index in [-0.39, 0.29) is 24.0 Å². The predicted molar refractivity (Wildman–Crippen MR) is 88.1 cm³/mol. The molecule has 1 aliphatic carbocycles. The van der Waals surface area contributed by atoms with Crippen LogP contribution in [0.2, 0.25) is 0 Å². The van der Waals surface area contributed by atoms with Gasteiger partial charge in [-0.2, -0.15) is 0 Å². The van der Waals surface area contributed by atoms with Crippen molar-refractivity contribution in [3.63, 3.8) is 0 Å². The van der Waals surface area contributed by atoms with Crippen LogP contribution in [0.3, 0.4) is 0 Å². The summed E-state index contributed by atoms with van der Waals surface area (Å²) in [5.74, 6) is -1.04. The largest absolute Gasteiger partial charge is 0.481 e. The van der Waals surface area contributed by atoms with E-state index in [4.69, 9.17) is 5.11 Å². The lowest BCUT2D eigenvalue weighted by Gasteiger charge is -2.22. The van der Waals surface area contributed by atoms with Gasteiger partial charge in [-0.15, -0.1) is 0 Å². The molecule has 5 nitrogen and oxygen atoms in total. The third-order valence-corrected chi connectivity index (χ3v) is 5.03. The van der Waals surface area contributed by atoms with E-state index in [0.29, 0.717) is 32.1 Å². The Labute approximate surface area is 139 Å². The highest BCUT2D eigenvalue weighted by Crippen LogP contribution is 2.38. The first-order valence-electron chi connectivity index (χ1n) is 9.05. The van der Waals surface area contributed by atoms with Gasteiger partial charge in [-0.1, -0.05) is 32.6 Å². The summed E-state index contributed by atoms with van der Waals surface area (Å²) in [6.07, 6.45) is 6.53. The van der Waals surface area contributed by atoms with Gasteiger partial charge < -0.3 is 15.3 Å². The first-order chi connectivity index (χ1) is 11.0. The van der Waals surface area contributed by atoms with E-state index in [9.17, 15) is 19.8 Å². The molecule has 0 unspecified atom stereocenters. The third-order valence-electron chi connectivity index (χ3n) is 5.03. The van der Waals surface area contributed by atoms with E-state index >= 15 is 0 Å². The third kappa shape index (κ3) is 7.44. The Balaban J connectivity index is 2.32. The summed E-state index contributed by atoms with van der Waals surface area (Å²) in [6, 6.07) is 0. The average molecular weight is 328 g/mol. The zero-order valence-electron chi connectivity index (χ0n) is 14.2. The number of hydrogen-bond donors (Lipinski definition) is 3. The number of carbonyl (C=O) groups is 2. The van der Waals surface area contributed by atoms with Crippen molar-refractivity contribution in [2.75, 3.05) is 0 Å². The van der Waals surface area contributed by atoms with Gasteiger partial charge >= 0.3 is 5.97 Å². The van der Waals surface area contributed by atoms with Gasteiger partial charge in [-0.05, 0) is 37.5 Å². The van der Waals surface area contributed by atoms with Gasteiger partial charge in [-0.3, -0.25) is 9.59 Å². The molecule has 1 rings (SSSR count). The molecule has 134 valence electrons. The predicted octanol–water partition coefficient (Wildman–Crippen LogP) is 2.92. The minimum atomic E-state index is -0.888. The molecular formula is C18H32O5. The molecular weight excluding hydrogens is 296 g/mol. The lowest BCUT2D eigenvalue weighted by Crippen LogP contribution is -2.24. The Bertz CT molecular complexity index is 368. The van der Waals surface area contributed by atoms with Crippen LogP contribution in [0.15, 0.2) is 0 Å². The molecule has 0 aromatic carbocycles. The fourth-order valence-corrected chi connectivity index (χ4v) is 3.65. The molecule has 23 heavy (non-hydrogen) atoms. The van der Waals surface area contributed by atoms with Gasteiger partial charge in [-0.25, -0.2) is 0 Å². The monoisotopic (exact) mass is 328 g/mol. The Hall–Kier alpha value is -0.940. The van der Waals surface area contributed by atoms with Gasteiger partial charge in [0, 0.05) is 19.3 Å². The summed E-state index contributed by atoms with van der Waals surface area (Å²) >= 11 is 0. The summed E-state index contributed by atoms with van der Waals surface area (Å²) in [4.78, 5) is 22.7. The Morgan fingerprint density at radius 2 is 1.43 bits per heavy atom. The van der Waals surface area contributed by atoms with Crippen molar-refractivity contribution in [2.45, 2.75) is 89.8 Å². The molecule has 0 saturated heterocycles. The fraction of sp³-hybridized carbons (Fsp3) is 0.889. The van der Waals surface area contributed by atoms with Crippen LogP contribution >= 0.6 is 0 Å². The highest BCUT2D eigenvalue weighted by atomic mass is 16.4. The van der Waals surface area contributed by atoms with Crippen LogP contribution in [-0.4, -0.2) is 39.3 Å². The summed E-state index contributed by atoms with van der Waals surface area (Å²) < 4.78 is 0. The van der Waals surface area contributed by atoms with Crippen molar-refractivity contribution in [2.24, 2.45) is 11.8 Å². The lowest BCUT2D eigenvalue weighted by molar-refractivity contribution is -0.137. The topological polar surface area (TPSA) is 94.8 Å². The summed E-state index contributed by atoms with van der Waals surface area (Å²) in [7, 11) is 0. The van der Waals surface area contributed by atoms with E-state index < -0.39 is 18.2 Å². The summed E-state index contributed by atoms with van der Waals surface area (Å²) in [5, 5.41) is 28.8. The van der Waals surface area contributed by atoms with Crippen molar-refractivity contribution in [1.29, 1.82) is 0 Å². The summed E-state index contributed by atoms with van der Waals surface area (Å²) in [6.45, 7) is 2.16. The molecule has 1 fully saturated rings. The van der Waals surface area contributed by atoms with Crippen molar-refractivity contribution in [3.8, 4) is 0 Å². The van der Waals surface area contributed by atoms with Crippen LogP contribution in [0.25, 0.3) is 0 Å². The fourth-order valence-electron chi connectivity index (χ4n) is 3.65. The van der Waals surface area contributed by atoms with Gasteiger partial charge in [0.2, 0.25) is 0 Å². The average Bonchev–Trinajstić information content (AvgIpc) is 2.76. The number of hydrogen-bond acceptors (Lipinski definition) is 4. The molecule has 3 N–H and O–H groups in total. The second-order valence-corrected chi connectivity index (χ2v) is 6.87. The van der Waals surface area contributed by atoms with Crippen LogP contribution in [0.4, 0.5) is 0 Å². The molecule has 0 spiro atoms. The minimum Gasteiger partial charge on any atom is -0.481 e. The smallest absolute Gasteiger partial charge is 0.303 e. The number of ketones is 1. The number of aliphatic carboxylic acids is 1. The Morgan fingerprint density at radius 3 is 2.00 bits per heavy atom. The molecule has 5 heteroatoms. The molecule has 0 bridgehead atoms. The van der Waals surface area contributed by atoms with Crippen LogP contribution in [-0.2, 0) is 9.59 Å². The first-order valence-corrected chi connectivity index (χ1v) is 9.05. The van der Waals surface area contributed by atoms with Crippen molar-refractivity contribution in [3.05, 3.63) is 0 Å². The molecule has 1 aliphatic rings. The van der Waals surface area contributed by atoms with Gasteiger partial charge in [0.15, 0.2) is 0 Å². The molecule has 0 amide bonds. The number of carboxylic acids is 1. The molecule has 4 atom stereocenters. The molecule has 0 aromatic rings. The van der Waals surface area contributed by atoms with Crippen molar-refractivity contribution < 1.29 is 24.9 Å². The standard InChI is InChI=1S/C18H32O5/c1-2-3-4-5-6-7-13(19)8-9-14-15(10-11-18(22)23)17(21)12-16(14)20/h14-17,20-21H,2-12H2,1H3,(H,22,23)/t14-,15-,16-,17+/m1/s1. The number of carboxylic acid groups (broad SMARTS) is 1. The first kappa shape index (κ1) is 20.1. The molecule has 0 heterocycles. The van der Waals surface area contributed by atoms with Gasteiger partial charge in [0.1, 0.15) is 5.78 Å². The summed E-state index contributed by atoms with van der Waals surface area (Å²) in [5.41, 5.74) is 0. The maximum Gasteiger partial charge on any atom is 0.303 e. The highest BCUT2D eigenvalue weighted by Gasteiger charge is 2.41. The molecule has 0 radical (unpaired) electrons. The molecule has 0 aliphatic heterocycles. The van der Waals surface area contributed by atoms with Crippen molar-refractivity contribution >= 4 is 11.8 Å². The van der Waals surface area contributed by atoms with Gasteiger partial charge in [0.05, 0.1) is 12.2 Å². The number of unbranched alkanes of at least 4 members (excludes halogenated alkanes) is 4. The van der Waals surface area contributed by atoms with E-state index in [1.54, 1.807) is 0 Å².